The van der Waals surface area contributed by atoms with Crippen LogP contribution in [0.2, 0.25) is 5.02 Å². The lowest BCUT2D eigenvalue weighted by molar-refractivity contribution is 0.0704. The van der Waals surface area contributed by atoms with Crippen LogP contribution in [0.5, 0.6) is 0 Å². The van der Waals surface area contributed by atoms with E-state index in [9.17, 15) is 14.0 Å². The number of hydrogen-bond acceptors (Lipinski definition) is 7. The van der Waals surface area contributed by atoms with Crippen LogP contribution in [0.4, 0.5) is 10.2 Å². The maximum absolute atomic E-state index is 14.9. The third-order valence-electron chi connectivity index (χ3n) is 5.99. The number of piperazine rings is 1. The van der Waals surface area contributed by atoms with E-state index in [1.54, 1.807) is 31.0 Å². The van der Waals surface area contributed by atoms with E-state index in [4.69, 9.17) is 21.1 Å². The molecule has 3 aromatic heterocycles. The molecule has 1 saturated heterocycles. The van der Waals surface area contributed by atoms with Crippen molar-refractivity contribution < 1.29 is 13.7 Å². The number of carbonyl (C=O) groups is 1. The summed E-state index contributed by atoms with van der Waals surface area (Å²) >= 11 is 5.94. The van der Waals surface area contributed by atoms with Crippen LogP contribution >= 0.6 is 11.6 Å². The maximum Gasteiger partial charge on any atom is 0.292 e. The van der Waals surface area contributed by atoms with Gasteiger partial charge in [-0.05, 0) is 32.0 Å². The molecule has 174 valence electrons. The molecule has 0 radical (unpaired) electrons. The molecule has 1 aromatic carbocycles. The summed E-state index contributed by atoms with van der Waals surface area (Å²) < 4.78 is 21.3. The Bertz CT molecular complexity index is 1460. The quantitative estimate of drug-likeness (QED) is 0.442. The first-order valence-corrected chi connectivity index (χ1v) is 11.0. The Morgan fingerprint density at radius 2 is 1.88 bits per heavy atom. The minimum atomic E-state index is -0.561. The van der Waals surface area contributed by atoms with Crippen molar-refractivity contribution in [2.24, 2.45) is 0 Å². The number of anilines is 1. The standard InChI is InChI=1S/C23H20ClFN6O3/c1-13-14(2)27-21-20(16-4-3-15(24)11-17(16)25)28-19(12-31(21)22(13)32)29-7-9-30(10-8-29)23(33)18-5-6-26-34-18/h3-6,11-12H,7-10H2,1-2H3. The lowest BCUT2D eigenvalue weighted by Crippen LogP contribution is -2.49. The highest BCUT2D eigenvalue weighted by Gasteiger charge is 2.26. The molecule has 0 N–H and O–H groups in total. The topological polar surface area (TPSA) is 96.8 Å². The van der Waals surface area contributed by atoms with Gasteiger partial charge in [0.2, 0.25) is 5.76 Å². The normalized spacial score (nSPS) is 14.1. The van der Waals surface area contributed by atoms with Crippen LogP contribution < -0.4 is 10.5 Å². The van der Waals surface area contributed by atoms with Crippen molar-refractivity contribution >= 4 is 29.0 Å². The van der Waals surface area contributed by atoms with E-state index in [1.807, 2.05) is 4.90 Å². The Kier molecular flexibility index (Phi) is 5.52. The third-order valence-corrected chi connectivity index (χ3v) is 6.23. The molecule has 0 bridgehead atoms. The molecule has 11 heteroatoms. The molecule has 0 aliphatic carbocycles. The van der Waals surface area contributed by atoms with Gasteiger partial charge in [0.1, 0.15) is 17.3 Å². The van der Waals surface area contributed by atoms with Gasteiger partial charge in [-0.3, -0.25) is 14.0 Å². The third kappa shape index (κ3) is 3.79. The zero-order valence-electron chi connectivity index (χ0n) is 18.5. The first kappa shape index (κ1) is 22.0. The summed E-state index contributed by atoms with van der Waals surface area (Å²) in [5.41, 5.74) is 1.50. The minimum absolute atomic E-state index is 0.182. The summed E-state index contributed by atoms with van der Waals surface area (Å²) in [6.45, 7) is 5.21. The number of rotatable bonds is 3. The smallest absolute Gasteiger partial charge is 0.292 e. The highest BCUT2D eigenvalue weighted by molar-refractivity contribution is 6.30. The van der Waals surface area contributed by atoms with Gasteiger partial charge in [0.25, 0.3) is 11.5 Å². The predicted molar refractivity (Wildman–Crippen MR) is 124 cm³/mol. The van der Waals surface area contributed by atoms with Crippen LogP contribution in [0.25, 0.3) is 16.9 Å². The van der Waals surface area contributed by atoms with E-state index in [0.717, 1.165) is 0 Å². The van der Waals surface area contributed by atoms with Crippen molar-refractivity contribution in [2.75, 3.05) is 31.1 Å². The van der Waals surface area contributed by atoms with Gasteiger partial charge in [-0.2, -0.15) is 0 Å². The number of carbonyl (C=O) groups excluding carboxylic acids is 1. The molecule has 0 unspecified atom stereocenters. The van der Waals surface area contributed by atoms with Crippen LogP contribution in [0.1, 0.15) is 21.8 Å². The molecule has 1 aliphatic heterocycles. The second kappa shape index (κ2) is 8.53. The highest BCUT2D eigenvalue weighted by atomic mass is 35.5. The first-order chi connectivity index (χ1) is 16.3. The van der Waals surface area contributed by atoms with Crippen molar-refractivity contribution in [3.63, 3.8) is 0 Å². The molecular formula is C23H20ClFN6O3. The molecule has 0 atom stereocenters. The number of nitrogens with zero attached hydrogens (tertiary/aromatic N) is 6. The number of fused-ring (bicyclic) bond motifs is 1. The van der Waals surface area contributed by atoms with Crippen molar-refractivity contribution in [2.45, 2.75) is 13.8 Å². The molecule has 1 fully saturated rings. The molecule has 1 aliphatic rings. The maximum atomic E-state index is 14.9. The summed E-state index contributed by atoms with van der Waals surface area (Å²) in [4.78, 5) is 38.5. The van der Waals surface area contributed by atoms with E-state index in [0.29, 0.717) is 43.3 Å². The van der Waals surface area contributed by atoms with Gasteiger partial charge in [0, 0.05) is 54.1 Å². The van der Waals surface area contributed by atoms with Crippen LogP contribution in [0.15, 0.2) is 46.0 Å². The number of aryl methyl sites for hydroxylation is 1. The largest absolute Gasteiger partial charge is 0.352 e. The number of halogens is 2. The zero-order valence-corrected chi connectivity index (χ0v) is 19.2. The van der Waals surface area contributed by atoms with Crippen LogP contribution in [-0.2, 0) is 0 Å². The minimum Gasteiger partial charge on any atom is -0.352 e. The second-order valence-electron chi connectivity index (χ2n) is 8.05. The number of aromatic nitrogens is 4. The van der Waals surface area contributed by atoms with Gasteiger partial charge in [0.15, 0.2) is 5.65 Å². The van der Waals surface area contributed by atoms with Gasteiger partial charge in [-0.15, -0.1) is 0 Å². The lowest BCUT2D eigenvalue weighted by atomic mass is 10.1. The van der Waals surface area contributed by atoms with Crippen molar-refractivity contribution in [3.05, 3.63) is 74.9 Å². The monoisotopic (exact) mass is 482 g/mol. The number of benzene rings is 1. The fourth-order valence-corrected chi connectivity index (χ4v) is 4.12. The average Bonchev–Trinajstić information content (AvgIpc) is 3.37. The molecular weight excluding hydrogens is 463 g/mol. The molecule has 5 rings (SSSR count). The van der Waals surface area contributed by atoms with Crippen LogP contribution in [0.3, 0.4) is 0 Å². The van der Waals surface area contributed by atoms with Gasteiger partial charge < -0.3 is 14.3 Å². The van der Waals surface area contributed by atoms with E-state index in [2.05, 4.69) is 10.1 Å². The first-order valence-electron chi connectivity index (χ1n) is 10.6. The molecule has 34 heavy (non-hydrogen) atoms. The Morgan fingerprint density at radius 3 is 2.56 bits per heavy atom. The highest BCUT2D eigenvalue weighted by Crippen LogP contribution is 2.29. The Balaban J connectivity index is 1.56. The van der Waals surface area contributed by atoms with Gasteiger partial charge in [0.05, 0.1) is 12.4 Å². The van der Waals surface area contributed by atoms with Gasteiger partial charge in [-0.1, -0.05) is 16.8 Å². The van der Waals surface area contributed by atoms with Crippen molar-refractivity contribution in [3.8, 4) is 11.3 Å². The Labute approximate surface area is 198 Å². The summed E-state index contributed by atoms with van der Waals surface area (Å²) in [5.74, 6) is -0.134. The number of amides is 1. The molecule has 4 heterocycles. The van der Waals surface area contributed by atoms with Crippen LogP contribution in [-0.4, -0.2) is 56.5 Å². The van der Waals surface area contributed by atoms with E-state index in [1.165, 1.54) is 28.8 Å². The Morgan fingerprint density at radius 1 is 1.12 bits per heavy atom. The van der Waals surface area contributed by atoms with Gasteiger partial charge >= 0.3 is 0 Å². The number of hydrogen-bond donors (Lipinski definition) is 0. The second-order valence-corrected chi connectivity index (χ2v) is 8.49. The van der Waals surface area contributed by atoms with Crippen molar-refractivity contribution in [1.82, 2.24) is 24.4 Å². The van der Waals surface area contributed by atoms with E-state index < -0.39 is 5.82 Å². The summed E-state index contributed by atoms with van der Waals surface area (Å²) in [6, 6.07) is 5.82. The molecule has 1 amide bonds. The molecule has 4 aromatic rings. The Hall–Kier alpha value is -3.79. The fraction of sp³-hybridized carbons (Fsp3) is 0.261. The van der Waals surface area contributed by atoms with Gasteiger partial charge in [-0.25, -0.2) is 14.4 Å². The average molecular weight is 483 g/mol. The lowest BCUT2D eigenvalue weighted by Gasteiger charge is -2.35. The van der Waals surface area contributed by atoms with Crippen molar-refractivity contribution in [1.29, 1.82) is 0 Å². The summed E-state index contributed by atoms with van der Waals surface area (Å²) in [5, 5.41) is 3.84. The van der Waals surface area contributed by atoms with E-state index >= 15 is 0 Å². The SMILES string of the molecule is Cc1nc2c(-c3ccc(Cl)cc3F)nc(N3CCN(C(=O)c4ccno4)CC3)cn2c(=O)c1C. The fourth-order valence-electron chi connectivity index (χ4n) is 3.96. The zero-order chi connectivity index (χ0) is 24.0. The molecule has 9 nitrogen and oxygen atoms in total. The summed E-state index contributed by atoms with van der Waals surface area (Å²) in [7, 11) is 0. The van der Waals surface area contributed by atoms with E-state index in [-0.39, 0.29) is 39.2 Å². The summed E-state index contributed by atoms with van der Waals surface area (Å²) in [6.07, 6.45) is 3.04. The molecule has 0 saturated carbocycles. The van der Waals surface area contributed by atoms with Crippen LogP contribution in [0, 0.1) is 19.7 Å². The predicted octanol–water partition coefficient (Wildman–Crippen LogP) is 3.12. The molecule has 0 spiro atoms.